The van der Waals surface area contributed by atoms with Crippen LogP contribution in [0.25, 0.3) is 0 Å². The minimum absolute atomic E-state index is 0.193. The number of nitrogens with one attached hydrogen (secondary N) is 1. The van der Waals surface area contributed by atoms with Gasteiger partial charge in [-0.2, -0.15) is 0 Å². The summed E-state index contributed by atoms with van der Waals surface area (Å²) in [7, 11) is 0. The molecule has 20 heavy (non-hydrogen) atoms. The smallest absolute Gasteiger partial charge is 0.219 e. The number of hydrogen-bond donors (Lipinski definition) is 1. The summed E-state index contributed by atoms with van der Waals surface area (Å²) in [5, 5.41) is 2.95. The van der Waals surface area contributed by atoms with Crippen molar-refractivity contribution in [3.8, 4) is 0 Å². The Morgan fingerprint density at radius 2 is 1.25 bits per heavy atom. The van der Waals surface area contributed by atoms with Crippen LogP contribution in [0.1, 0.15) is 90.9 Å². The van der Waals surface area contributed by atoms with Gasteiger partial charge < -0.3 is 10.1 Å². The fourth-order valence-electron chi connectivity index (χ4n) is 2.28. The third kappa shape index (κ3) is 15.2. The largest absolute Gasteiger partial charge is 0.356 e. The Hall–Kier alpha value is -0.860. The molecular formula is C17H33NO2. The maximum absolute atomic E-state index is 11.2. The first-order chi connectivity index (χ1) is 9.66. The average Bonchev–Trinajstić information content (AvgIpc) is 2.40. The normalized spacial score (nSPS) is 10.5. The molecule has 3 heteroatoms. The lowest BCUT2D eigenvalue weighted by Crippen LogP contribution is -2.23. The van der Waals surface area contributed by atoms with E-state index in [1.807, 2.05) is 6.92 Å². The molecule has 0 aliphatic carbocycles. The highest BCUT2D eigenvalue weighted by Gasteiger charge is 1.98. The van der Waals surface area contributed by atoms with Gasteiger partial charge in [0, 0.05) is 19.4 Å². The summed E-state index contributed by atoms with van der Waals surface area (Å²) < 4.78 is 0. The van der Waals surface area contributed by atoms with E-state index < -0.39 is 0 Å². The molecule has 1 N–H and O–H groups in total. The molecule has 0 spiro atoms. The number of rotatable bonds is 14. The summed E-state index contributed by atoms with van der Waals surface area (Å²) >= 11 is 0. The van der Waals surface area contributed by atoms with Gasteiger partial charge in [0.2, 0.25) is 5.91 Å². The van der Waals surface area contributed by atoms with Crippen LogP contribution in [0.4, 0.5) is 0 Å². The summed E-state index contributed by atoms with van der Waals surface area (Å²) in [5.41, 5.74) is 0. The highest BCUT2D eigenvalue weighted by Crippen LogP contribution is 2.10. The van der Waals surface area contributed by atoms with E-state index in [-0.39, 0.29) is 5.91 Å². The van der Waals surface area contributed by atoms with E-state index in [2.05, 4.69) is 5.32 Å². The van der Waals surface area contributed by atoms with Crippen LogP contribution in [0.5, 0.6) is 0 Å². The van der Waals surface area contributed by atoms with Crippen LogP contribution in [0.2, 0.25) is 0 Å². The molecule has 0 aliphatic heterocycles. The molecule has 3 nitrogen and oxygen atoms in total. The number of carbonyl (C=O) groups is 2. The zero-order valence-corrected chi connectivity index (χ0v) is 13.5. The molecule has 0 saturated carbocycles. The number of unbranched alkanes of at least 4 members (excludes halogenated alkanes) is 8. The summed E-state index contributed by atoms with van der Waals surface area (Å²) in [6, 6.07) is 0. The first-order valence-corrected chi connectivity index (χ1v) is 8.43. The lowest BCUT2D eigenvalue weighted by Gasteiger charge is -2.04. The van der Waals surface area contributed by atoms with Gasteiger partial charge >= 0.3 is 0 Å². The number of ketones is 1. The van der Waals surface area contributed by atoms with Crippen molar-refractivity contribution in [2.24, 2.45) is 0 Å². The van der Waals surface area contributed by atoms with Crippen LogP contribution >= 0.6 is 0 Å². The van der Waals surface area contributed by atoms with E-state index in [0.29, 0.717) is 12.2 Å². The van der Waals surface area contributed by atoms with Gasteiger partial charge in [0.1, 0.15) is 5.78 Å². The van der Waals surface area contributed by atoms with Crippen LogP contribution in [-0.4, -0.2) is 18.2 Å². The lowest BCUT2D eigenvalue weighted by atomic mass is 10.1. The first-order valence-electron chi connectivity index (χ1n) is 8.43. The third-order valence-corrected chi connectivity index (χ3v) is 3.50. The number of carbonyl (C=O) groups excluding carboxylic acids is 2. The molecule has 0 aliphatic rings. The monoisotopic (exact) mass is 283 g/mol. The number of amides is 1. The average molecular weight is 283 g/mol. The zero-order valence-electron chi connectivity index (χ0n) is 13.5. The number of Topliss-reactive ketones (excluding diaryl/α,β-unsaturated/α-hetero) is 1. The molecular weight excluding hydrogens is 250 g/mol. The van der Waals surface area contributed by atoms with E-state index >= 15 is 0 Å². The van der Waals surface area contributed by atoms with Crippen molar-refractivity contribution in [2.75, 3.05) is 6.54 Å². The fourth-order valence-corrected chi connectivity index (χ4v) is 2.28. The summed E-state index contributed by atoms with van der Waals surface area (Å²) in [5.74, 6) is 0.508. The molecule has 118 valence electrons. The van der Waals surface area contributed by atoms with Crippen molar-refractivity contribution < 1.29 is 9.59 Å². The molecule has 0 saturated heterocycles. The molecule has 0 aromatic heterocycles. The van der Waals surface area contributed by atoms with Gasteiger partial charge in [-0.15, -0.1) is 0 Å². The van der Waals surface area contributed by atoms with Gasteiger partial charge in [-0.3, -0.25) is 4.79 Å². The highest BCUT2D eigenvalue weighted by molar-refractivity contribution is 5.75. The van der Waals surface area contributed by atoms with Gasteiger partial charge in [0.05, 0.1) is 0 Å². The Morgan fingerprint density at radius 1 is 0.750 bits per heavy atom. The Balaban J connectivity index is 3.06. The molecule has 0 aromatic carbocycles. The molecule has 0 radical (unpaired) electrons. The Kier molecular flexibility index (Phi) is 13.9. The van der Waals surface area contributed by atoms with E-state index in [1.54, 1.807) is 6.92 Å². The molecule has 0 fully saturated rings. The lowest BCUT2D eigenvalue weighted by molar-refractivity contribution is -0.121. The molecule has 0 heterocycles. The molecule has 0 unspecified atom stereocenters. The summed E-state index contributed by atoms with van der Waals surface area (Å²) in [4.78, 5) is 22.0. The second kappa shape index (κ2) is 14.5. The van der Waals surface area contributed by atoms with Gasteiger partial charge in [-0.05, 0) is 26.2 Å². The quantitative estimate of drug-likeness (QED) is 0.480. The SMILES string of the molecule is CCCC(=O)NCCCCCCCCCCCC(C)=O. The van der Waals surface area contributed by atoms with Gasteiger partial charge in [-0.25, -0.2) is 0 Å². The van der Waals surface area contributed by atoms with Gasteiger partial charge in [0.25, 0.3) is 0 Å². The molecule has 0 atom stereocenters. The van der Waals surface area contributed by atoms with Crippen LogP contribution in [0, 0.1) is 0 Å². The number of hydrogen-bond acceptors (Lipinski definition) is 2. The van der Waals surface area contributed by atoms with E-state index in [4.69, 9.17) is 0 Å². The Morgan fingerprint density at radius 3 is 1.75 bits per heavy atom. The van der Waals surface area contributed by atoms with Crippen molar-refractivity contribution >= 4 is 11.7 Å². The van der Waals surface area contributed by atoms with Crippen molar-refractivity contribution in [3.63, 3.8) is 0 Å². The summed E-state index contributed by atoms with van der Waals surface area (Å²) in [6.45, 7) is 4.54. The fraction of sp³-hybridized carbons (Fsp3) is 0.882. The van der Waals surface area contributed by atoms with Crippen LogP contribution in [0.15, 0.2) is 0 Å². The van der Waals surface area contributed by atoms with Crippen LogP contribution in [0.3, 0.4) is 0 Å². The minimum atomic E-state index is 0.193. The maximum Gasteiger partial charge on any atom is 0.219 e. The highest BCUT2D eigenvalue weighted by atomic mass is 16.1. The first kappa shape index (κ1) is 19.1. The third-order valence-electron chi connectivity index (χ3n) is 3.50. The second-order valence-electron chi connectivity index (χ2n) is 5.73. The molecule has 0 rings (SSSR count). The second-order valence-corrected chi connectivity index (χ2v) is 5.73. The molecule has 1 amide bonds. The standard InChI is InChI=1S/C17H33NO2/c1-3-13-17(20)18-15-12-10-8-6-4-5-7-9-11-14-16(2)19/h3-15H2,1-2H3,(H,18,20). The van der Waals surface area contributed by atoms with Crippen molar-refractivity contribution in [1.82, 2.24) is 5.32 Å². The van der Waals surface area contributed by atoms with Crippen molar-refractivity contribution in [3.05, 3.63) is 0 Å². The topological polar surface area (TPSA) is 46.2 Å². The molecule has 0 aromatic rings. The predicted octanol–water partition coefficient (Wildman–Crippen LogP) is 4.39. The van der Waals surface area contributed by atoms with E-state index in [0.717, 1.165) is 32.2 Å². The maximum atomic E-state index is 11.2. The zero-order chi connectivity index (χ0) is 15.1. The molecule has 0 bridgehead atoms. The van der Waals surface area contributed by atoms with Crippen LogP contribution in [-0.2, 0) is 9.59 Å². The minimum Gasteiger partial charge on any atom is -0.356 e. The van der Waals surface area contributed by atoms with Crippen LogP contribution < -0.4 is 5.32 Å². The van der Waals surface area contributed by atoms with Gasteiger partial charge in [-0.1, -0.05) is 51.9 Å². The van der Waals surface area contributed by atoms with Crippen molar-refractivity contribution in [2.45, 2.75) is 90.9 Å². The summed E-state index contributed by atoms with van der Waals surface area (Å²) in [6.07, 6.45) is 13.4. The van der Waals surface area contributed by atoms with Gasteiger partial charge in [0.15, 0.2) is 0 Å². The predicted molar refractivity (Wildman–Crippen MR) is 84.8 cm³/mol. The Labute approximate surface area is 124 Å². The Bertz CT molecular complexity index is 251. The van der Waals surface area contributed by atoms with E-state index in [9.17, 15) is 9.59 Å². The van der Waals surface area contributed by atoms with E-state index in [1.165, 1.54) is 44.9 Å². The van der Waals surface area contributed by atoms with Crippen molar-refractivity contribution in [1.29, 1.82) is 0 Å².